The molecule has 2 N–H and O–H groups in total. The average Bonchev–Trinajstić information content (AvgIpc) is 2.84. The summed E-state index contributed by atoms with van der Waals surface area (Å²) in [6.45, 7) is 0.406. The van der Waals surface area contributed by atoms with Crippen molar-refractivity contribution in [2.24, 2.45) is 0 Å². The highest BCUT2D eigenvalue weighted by atomic mass is 19.1. The van der Waals surface area contributed by atoms with Gasteiger partial charge in [-0.25, -0.2) is 14.4 Å². The molecule has 4 aromatic rings. The molecular formula is C25H21FN4O2. The Morgan fingerprint density at radius 1 is 0.969 bits per heavy atom. The van der Waals surface area contributed by atoms with Crippen LogP contribution in [0.2, 0.25) is 0 Å². The first-order valence-corrected chi connectivity index (χ1v) is 9.97. The fourth-order valence-electron chi connectivity index (χ4n) is 3.12. The van der Waals surface area contributed by atoms with Crippen LogP contribution in [0.1, 0.15) is 15.9 Å². The third-order valence-electron chi connectivity index (χ3n) is 4.81. The zero-order valence-corrected chi connectivity index (χ0v) is 17.4. The van der Waals surface area contributed by atoms with E-state index in [9.17, 15) is 9.18 Å². The van der Waals surface area contributed by atoms with Crippen molar-refractivity contribution in [1.82, 2.24) is 15.3 Å². The van der Waals surface area contributed by atoms with Crippen LogP contribution >= 0.6 is 0 Å². The van der Waals surface area contributed by atoms with E-state index in [4.69, 9.17) is 4.74 Å². The molecule has 7 heteroatoms. The summed E-state index contributed by atoms with van der Waals surface area (Å²) in [7, 11) is 1.61. The minimum atomic E-state index is -0.297. The van der Waals surface area contributed by atoms with Crippen LogP contribution in [0.5, 0.6) is 5.75 Å². The van der Waals surface area contributed by atoms with Crippen molar-refractivity contribution in [2.45, 2.75) is 6.54 Å². The highest BCUT2D eigenvalue weighted by Gasteiger charge is 2.07. The number of amides is 1. The van der Waals surface area contributed by atoms with E-state index in [0.717, 1.165) is 22.6 Å². The van der Waals surface area contributed by atoms with Gasteiger partial charge in [-0.05, 0) is 66.2 Å². The second kappa shape index (κ2) is 9.70. The van der Waals surface area contributed by atoms with Gasteiger partial charge < -0.3 is 15.4 Å². The summed E-state index contributed by atoms with van der Waals surface area (Å²) in [5.74, 6) is 0.878. The Bertz CT molecular complexity index is 1210. The van der Waals surface area contributed by atoms with E-state index in [2.05, 4.69) is 20.6 Å². The molecule has 0 unspecified atom stereocenters. The SMILES string of the molecule is COc1cccc(CNC(=O)c2ccc(Nc3cc(-c4ccc(F)cc4)ncn3)cc2)c1. The highest BCUT2D eigenvalue weighted by molar-refractivity contribution is 5.94. The summed E-state index contributed by atoms with van der Waals surface area (Å²) in [5.41, 5.74) is 3.75. The van der Waals surface area contributed by atoms with Crippen molar-refractivity contribution in [2.75, 3.05) is 12.4 Å². The van der Waals surface area contributed by atoms with Crippen LogP contribution in [-0.4, -0.2) is 23.0 Å². The lowest BCUT2D eigenvalue weighted by atomic mass is 10.1. The number of aromatic nitrogens is 2. The Morgan fingerprint density at radius 2 is 1.75 bits per heavy atom. The number of nitrogens with zero attached hydrogens (tertiary/aromatic N) is 2. The van der Waals surface area contributed by atoms with Gasteiger partial charge in [0.2, 0.25) is 0 Å². The number of benzene rings is 3. The van der Waals surface area contributed by atoms with Crippen molar-refractivity contribution in [1.29, 1.82) is 0 Å². The molecule has 0 atom stereocenters. The molecule has 0 saturated carbocycles. The Hall–Kier alpha value is -4.26. The van der Waals surface area contributed by atoms with Gasteiger partial charge in [0, 0.05) is 29.4 Å². The quantitative estimate of drug-likeness (QED) is 0.435. The second-order valence-electron chi connectivity index (χ2n) is 7.03. The summed E-state index contributed by atoms with van der Waals surface area (Å²) in [5, 5.41) is 6.09. The van der Waals surface area contributed by atoms with Crippen LogP contribution in [0.25, 0.3) is 11.3 Å². The number of anilines is 2. The molecule has 1 amide bonds. The van der Waals surface area contributed by atoms with E-state index >= 15 is 0 Å². The lowest BCUT2D eigenvalue weighted by Crippen LogP contribution is -2.22. The van der Waals surface area contributed by atoms with Crippen LogP contribution < -0.4 is 15.4 Å². The van der Waals surface area contributed by atoms with Crippen LogP contribution in [0, 0.1) is 5.82 Å². The molecule has 4 rings (SSSR count). The summed E-state index contributed by atoms with van der Waals surface area (Å²) >= 11 is 0. The standard InChI is InChI=1S/C25H21FN4O2/c1-32-22-4-2-3-17(13-22)15-27-25(31)19-7-11-21(12-8-19)30-24-14-23(28-16-29-24)18-5-9-20(26)10-6-18/h2-14,16H,15H2,1H3,(H,27,31)(H,28,29,30). The van der Waals surface area contributed by atoms with Crippen LogP contribution in [0.4, 0.5) is 15.9 Å². The van der Waals surface area contributed by atoms with Crippen LogP contribution in [0.3, 0.4) is 0 Å². The zero-order chi connectivity index (χ0) is 22.3. The van der Waals surface area contributed by atoms with Gasteiger partial charge in [-0.2, -0.15) is 0 Å². The Morgan fingerprint density at radius 3 is 2.50 bits per heavy atom. The molecule has 3 aromatic carbocycles. The number of rotatable bonds is 7. The molecular weight excluding hydrogens is 407 g/mol. The Labute approximate surface area is 185 Å². The van der Waals surface area contributed by atoms with E-state index in [-0.39, 0.29) is 11.7 Å². The second-order valence-corrected chi connectivity index (χ2v) is 7.03. The zero-order valence-electron chi connectivity index (χ0n) is 17.4. The number of methoxy groups -OCH3 is 1. The average molecular weight is 428 g/mol. The molecule has 0 aliphatic rings. The van der Waals surface area contributed by atoms with Crippen molar-refractivity contribution in [3.8, 4) is 17.0 Å². The first-order chi connectivity index (χ1) is 15.6. The molecule has 0 aliphatic heterocycles. The van der Waals surface area contributed by atoms with E-state index in [1.807, 2.05) is 24.3 Å². The third-order valence-corrected chi connectivity index (χ3v) is 4.81. The van der Waals surface area contributed by atoms with Gasteiger partial charge in [-0.15, -0.1) is 0 Å². The summed E-state index contributed by atoms with van der Waals surface area (Å²) in [4.78, 5) is 20.9. The molecule has 0 bridgehead atoms. The van der Waals surface area contributed by atoms with Gasteiger partial charge in [0.05, 0.1) is 12.8 Å². The molecule has 0 radical (unpaired) electrons. The predicted octanol–water partition coefficient (Wildman–Crippen LogP) is 4.96. The predicted molar refractivity (Wildman–Crippen MR) is 121 cm³/mol. The van der Waals surface area contributed by atoms with Crippen molar-refractivity contribution >= 4 is 17.4 Å². The van der Waals surface area contributed by atoms with Gasteiger partial charge in [0.1, 0.15) is 23.7 Å². The lowest BCUT2D eigenvalue weighted by Gasteiger charge is -2.09. The highest BCUT2D eigenvalue weighted by Crippen LogP contribution is 2.21. The third kappa shape index (κ3) is 5.26. The maximum absolute atomic E-state index is 13.1. The first-order valence-electron chi connectivity index (χ1n) is 9.97. The number of nitrogens with one attached hydrogen (secondary N) is 2. The summed E-state index contributed by atoms with van der Waals surface area (Å²) in [6.07, 6.45) is 1.45. The normalized spacial score (nSPS) is 10.4. The van der Waals surface area contributed by atoms with E-state index in [1.165, 1.54) is 18.5 Å². The molecule has 0 fully saturated rings. The molecule has 0 spiro atoms. The molecule has 1 aromatic heterocycles. The van der Waals surface area contributed by atoms with Gasteiger partial charge in [0.15, 0.2) is 0 Å². The van der Waals surface area contributed by atoms with Gasteiger partial charge in [-0.1, -0.05) is 12.1 Å². The maximum atomic E-state index is 13.1. The van der Waals surface area contributed by atoms with Crippen LogP contribution in [-0.2, 0) is 6.54 Å². The summed E-state index contributed by atoms with van der Waals surface area (Å²) in [6, 6.07) is 22.5. The number of halogens is 1. The molecule has 0 aliphatic carbocycles. The van der Waals surface area contributed by atoms with Crippen molar-refractivity contribution in [3.63, 3.8) is 0 Å². The molecule has 6 nitrogen and oxygen atoms in total. The number of hydrogen-bond donors (Lipinski definition) is 2. The fraction of sp³-hybridized carbons (Fsp3) is 0.0800. The minimum Gasteiger partial charge on any atom is -0.497 e. The maximum Gasteiger partial charge on any atom is 0.251 e. The van der Waals surface area contributed by atoms with E-state index in [1.54, 1.807) is 49.6 Å². The van der Waals surface area contributed by atoms with E-state index in [0.29, 0.717) is 23.6 Å². The summed E-state index contributed by atoms with van der Waals surface area (Å²) < 4.78 is 18.3. The largest absolute Gasteiger partial charge is 0.497 e. The van der Waals surface area contributed by atoms with Gasteiger partial charge >= 0.3 is 0 Å². The van der Waals surface area contributed by atoms with Crippen molar-refractivity contribution in [3.05, 3.63) is 102 Å². The van der Waals surface area contributed by atoms with Crippen molar-refractivity contribution < 1.29 is 13.9 Å². The van der Waals surface area contributed by atoms with Gasteiger partial charge in [-0.3, -0.25) is 4.79 Å². The smallest absolute Gasteiger partial charge is 0.251 e. The topological polar surface area (TPSA) is 76.1 Å². The Kier molecular flexibility index (Phi) is 6.36. The van der Waals surface area contributed by atoms with E-state index < -0.39 is 0 Å². The monoisotopic (exact) mass is 428 g/mol. The molecule has 0 saturated heterocycles. The Balaban J connectivity index is 1.39. The lowest BCUT2D eigenvalue weighted by molar-refractivity contribution is 0.0951. The molecule has 160 valence electrons. The first kappa shape index (κ1) is 21.0. The minimum absolute atomic E-state index is 0.167. The fourth-order valence-corrected chi connectivity index (χ4v) is 3.12. The van der Waals surface area contributed by atoms with Crippen LogP contribution in [0.15, 0.2) is 85.2 Å². The molecule has 32 heavy (non-hydrogen) atoms. The van der Waals surface area contributed by atoms with Gasteiger partial charge in [0.25, 0.3) is 5.91 Å². The number of ether oxygens (including phenoxy) is 1. The number of carbonyl (C=O) groups is 1. The number of carbonyl (C=O) groups excluding carboxylic acids is 1. The number of hydrogen-bond acceptors (Lipinski definition) is 5. The molecule has 1 heterocycles.